The summed E-state index contributed by atoms with van der Waals surface area (Å²) in [5.74, 6) is 1.03. The molecule has 4 nitrogen and oxygen atoms in total. The van der Waals surface area contributed by atoms with Crippen LogP contribution in [0.25, 0.3) is 0 Å². The summed E-state index contributed by atoms with van der Waals surface area (Å²) in [6, 6.07) is 3.47. The van der Waals surface area contributed by atoms with Gasteiger partial charge in [-0.1, -0.05) is 13.8 Å². The fourth-order valence-corrected chi connectivity index (χ4v) is 0.936. The van der Waals surface area contributed by atoms with Crippen LogP contribution in [-0.2, 0) is 0 Å². The summed E-state index contributed by atoms with van der Waals surface area (Å²) in [4.78, 5) is 4.08. The minimum atomic E-state index is 0.0194. The topological polar surface area (TPSA) is 72.0 Å². The van der Waals surface area contributed by atoms with E-state index in [4.69, 9.17) is 15.9 Å². The molecule has 15 heavy (non-hydrogen) atoms. The van der Waals surface area contributed by atoms with Gasteiger partial charge in [-0.2, -0.15) is 0 Å². The van der Waals surface area contributed by atoms with Crippen molar-refractivity contribution in [2.75, 3.05) is 0 Å². The zero-order chi connectivity index (χ0) is 11.4. The predicted octanol–water partition coefficient (Wildman–Crippen LogP) is 1.79. The van der Waals surface area contributed by atoms with Crippen molar-refractivity contribution in [1.29, 1.82) is 5.41 Å². The van der Waals surface area contributed by atoms with Crippen molar-refractivity contribution in [2.45, 2.75) is 26.9 Å². The lowest BCUT2D eigenvalue weighted by atomic mass is 10.1. The van der Waals surface area contributed by atoms with Crippen LogP contribution < -0.4 is 10.5 Å². The zero-order valence-electron chi connectivity index (χ0n) is 9.32. The molecule has 1 aromatic rings. The fourth-order valence-electron chi connectivity index (χ4n) is 0.936. The summed E-state index contributed by atoms with van der Waals surface area (Å²) < 4.78 is 5.59. The molecule has 0 saturated heterocycles. The van der Waals surface area contributed by atoms with Gasteiger partial charge in [0.2, 0.25) is 5.88 Å². The molecule has 0 amide bonds. The molecule has 82 valence electrons. The van der Waals surface area contributed by atoms with Gasteiger partial charge in [0.05, 0.1) is 6.10 Å². The van der Waals surface area contributed by atoms with Crippen LogP contribution in [0.1, 0.15) is 26.3 Å². The molecule has 0 aliphatic heterocycles. The molecule has 0 fully saturated rings. The highest BCUT2D eigenvalue weighted by atomic mass is 16.5. The van der Waals surface area contributed by atoms with Gasteiger partial charge in [0.15, 0.2) is 0 Å². The van der Waals surface area contributed by atoms with Crippen LogP contribution >= 0.6 is 0 Å². The van der Waals surface area contributed by atoms with E-state index in [2.05, 4.69) is 18.8 Å². The molecule has 0 aliphatic rings. The first-order chi connectivity index (χ1) is 7.00. The Hall–Kier alpha value is -1.58. The summed E-state index contributed by atoms with van der Waals surface area (Å²) in [7, 11) is 0. The van der Waals surface area contributed by atoms with Gasteiger partial charge >= 0.3 is 0 Å². The summed E-state index contributed by atoms with van der Waals surface area (Å²) >= 11 is 0. The number of amidine groups is 1. The number of aromatic nitrogens is 1. The quantitative estimate of drug-likeness (QED) is 0.584. The Kier molecular flexibility index (Phi) is 3.66. The van der Waals surface area contributed by atoms with Gasteiger partial charge in [0, 0.05) is 17.8 Å². The SMILES string of the molecule is CC(C)C(C)Oc1ccc(C(=N)N)cn1. The maximum Gasteiger partial charge on any atom is 0.213 e. The number of hydrogen-bond donors (Lipinski definition) is 2. The Morgan fingerprint density at radius 3 is 2.47 bits per heavy atom. The lowest BCUT2D eigenvalue weighted by molar-refractivity contribution is 0.163. The van der Waals surface area contributed by atoms with Gasteiger partial charge in [-0.05, 0) is 18.9 Å². The first kappa shape index (κ1) is 11.5. The van der Waals surface area contributed by atoms with E-state index in [9.17, 15) is 0 Å². The molecule has 0 radical (unpaired) electrons. The summed E-state index contributed by atoms with van der Waals surface area (Å²) in [6.07, 6.45) is 1.67. The number of rotatable bonds is 4. The molecule has 0 aliphatic carbocycles. The molecule has 0 aromatic carbocycles. The van der Waals surface area contributed by atoms with Gasteiger partial charge in [-0.15, -0.1) is 0 Å². The lowest BCUT2D eigenvalue weighted by Gasteiger charge is -2.17. The third-order valence-electron chi connectivity index (χ3n) is 2.29. The number of hydrogen-bond acceptors (Lipinski definition) is 3. The standard InChI is InChI=1S/C11H17N3O/c1-7(2)8(3)15-10-5-4-9(6-14-10)11(12)13/h4-8H,1-3H3,(H3,12,13). The number of nitrogens with one attached hydrogen (secondary N) is 1. The van der Waals surface area contributed by atoms with Crippen LogP contribution in [-0.4, -0.2) is 16.9 Å². The van der Waals surface area contributed by atoms with E-state index >= 15 is 0 Å². The highest BCUT2D eigenvalue weighted by molar-refractivity contribution is 5.94. The molecule has 0 bridgehead atoms. The van der Waals surface area contributed by atoms with Crippen LogP contribution in [0.3, 0.4) is 0 Å². The van der Waals surface area contributed by atoms with E-state index in [0.717, 1.165) is 0 Å². The molecule has 1 aromatic heterocycles. The van der Waals surface area contributed by atoms with E-state index < -0.39 is 0 Å². The Bertz CT molecular complexity index is 332. The molecule has 0 spiro atoms. The first-order valence-corrected chi connectivity index (χ1v) is 4.98. The average Bonchev–Trinajstić information content (AvgIpc) is 2.18. The molecular weight excluding hydrogens is 190 g/mol. The predicted molar refractivity (Wildman–Crippen MR) is 60.2 cm³/mol. The normalized spacial score (nSPS) is 12.5. The zero-order valence-corrected chi connectivity index (χ0v) is 9.32. The molecule has 3 N–H and O–H groups in total. The monoisotopic (exact) mass is 207 g/mol. The van der Waals surface area contributed by atoms with Gasteiger partial charge < -0.3 is 10.5 Å². The third kappa shape index (κ3) is 3.23. The molecule has 1 unspecified atom stereocenters. The van der Waals surface area contributed by atoms with Crippen molar-refractivity contribution in [3.05, 3.63) is 23.9 Å². The highest BCUT2D eigenvalue weighted by Gasteiger charge is 2.09. The number of nitrogens with two attached hydrogens (primary N) is 1. The Morgan fingerprint density at radius 2 is 2.07 bits per heavy atom. The highest BCUT2D eigenvalue weighted by Crippen LogP contribution is 2.13. The summed E-state index contributed by atoms with van der Waals surface area (Å²) in [6.45, 7) is 6.19. The van der Waals surface area contributed by atoms with Crippen LogP contribution in [0.4, 0.5) is 0 Å². The molecule has 1 heterocycles. The number of nitrogen functional groups attached to an aromatic ring is 1. The van der Waals surface area contributed by atoms with Crippen molar-refractivity contribution in [3.63, 3.8) is 0 Å². The number of pyridine rings is 1. The minimum absolute atomic E-state index is 0.0194. The molecule has 4 heteroatoms. The van der Waals surface area contributed by atoms with Crippen molar-refractivity contribution in [3.8, 4) is 5.88 Å². The first-order valence-electron chi connectivity index (χ1n) is 4.98. The van der Waals surface area contributed by atoms with Gasteiger partial charge in [-0.3, -0.25) is 5.41 Å². The van der Waals surface area contributed by atoms with Crippen molar-refractivity contribution >= 4 is 5.84 Å². The summed E-state index contributed by atoms with van der Waals surface area (Å²) in [5.41, 5.74) is 5.93. The second kappa shape index (κ2) is 4.77. The average molecular weight is 207 g/mol. The maximum absolute atomic E-state index is 7.21. The lowest BCUT2D eigenvalue weighted by Crippen LogP contribution is -2.19. The van der Waals surface area contributed by atoms with E-state index in [0.29, 0.717) is 17.4 Å². The van der Waals surface area contributed by atoms with E-state index in [1.807, 2.05) is 6.92 Å². The smallest absolute Gasteiger partial charge is 0.213 e. The van der Waals surface area contributed by atoms with Crippen molar-refractivity contribution in [1.82, 2.24) is 4.98 Å². The van der Waals surface area contributed by atoms with Gasteiger partial charge in [-0.25, -0.2) is 4.98 Å². The van der Waals surface area contributed by atoms with Crippen LogP contribution in [0.2, 0.25) is 0 Å². The molecule has 1 rings (SSSR count). The summed E-state index contributed by atoms with van der Waals surface area (Å²) in [5, 5.41) is 7.21. The fraction of sp³-hybridized carbons (Fsp3) is 0.455. The number of ether oxygens (including phenoxy) is 1. The van der Waals surface area contributed by atoms with E-state index in [-0.39, 0.29) is 11.9 Å². The maximum atomic E-state index is 7.21. The Labute approximate surface area is 90.0 Å². The number of nitrogens with zero attached hydrogens (tertiary/aromatic N) is 1. The second-order valence-corrected chi connectivity index (χ2v) is 3.87. The van der Waals surface area contributed by atoms with Crippen LogP contribution in [0.5, 0.6) is 5.88 Å². The Morgan fingerprint density at radius 1 is 1.40 bits per heavy atom. The minimum Gasteiger partial charge on any atom is -0.474 e. The molecular formula is C11H17N3O. The molecule has 0 saturated carbocycles. The van der Waals surface area contributed by atoms with Gasteiger partial charge in [0.25, 0.3) is 0 Å². The van der Waals surface area contributed by atoms with Crippen LogP contribution in [0, 0.1) is 11.3 Å². The van der Waals surface area contributed by atoms with E-state index in [1.165, 1.54) is 0 Å². The largest absolute Gasteiger partial charge is 0.474 e. The van der Waals surface area contributed by atoms with E-state index in [1.54, 1.807) is 18.3 Å². The van der Waals surface area contributed by atoms with Crippen LogP contribution in [0.15, 0.2) is 18.3 Å². The van der Waals surface area contributed by atoms with Crippen molar-refractivity contribution < 1.29 is 4.74 Å². The Balaban J connectivity index is 2.68. The molecule has 1 atom stereocenters. The van der Waals surface area contributed by atoms with Crippen molar-refractivity contribution in [2.24, 2.45) is 11.7 Å². The van der Waals surface area contributed by atoms with Gasteiger partial charge in [0.1, 0.15) is 5.84 Å². The third-order valence-corrected chi connectivity index (χ3v) is 2.29. The second-order valence-electron chi connectivity index (χ2n) is 3.87.